The van der Waals surface area contributed by atoms with Crippen LogP contribution in [0.3, 0.4) is 0 Å². The van der Waals surface area contributed by atoms with E-state index in [2.05, 4.69) is 0 Å². The molecule has 2 aromatic carbocycles. The van der Waals surface area contributed by atoms with Gasteiger partial charge >= 0.3 is 6.18 Å². The summed E-state index contributed by atoms with van der Waals surface area (Å²) < 4.78 is 44.2. The van der Waals surface area contributed by atoms with Gasteiger partial charge in [0.05, 0.1) is 17.6 Å². The van der Waals surface area contributed by atoms with Crippen LogP contribution >= 0.6 is 0 Å². The van der Waals surface area contributed by atoms with Gasteiger partial charge in [-0.3, -0.25) is 10.1 Å². The van der Waals surface area contributed by atoms with Gasteiger partial charge in [-0.05, 0) is 23.8 Å². The van der Waals surface area contributed by atoms with Crippen LogP contribution in [0.2, 0.25) is 0 Å². The highest BCUT2D eigenvalue weighted by Crippen LogP contribution is 2.37. The third-order valence-electron chi connectivity index (χ3n) is 3.19. The molecular formula is C15H12F3NO3. The van der Waals surface area contributed by atoms with Crippen LogP contribution in [0.5, 0.6) is 5.75 Å². The fourth-order valence-electron chi connectivity index (χ4n) is 2.14. The molecule has 0 radical (unpaired) electrons. The number of hydrogen-bond donors (Lipinski definition) is 0. The second-order valence-corrected chi connectivity index (χ2v) is 4.58. The number of benzene rings is 2. The van der Waals surface area contributed by atoms with Crippen molar-refractivity contribution in [1.29, 1.82) is 0 Å². The van der Waals surface area contributed by atoms with Crippen molar-refractivity contribution in [2.24, 2.45) is 0 Å². The molecule has 0 saturated heterocycles. The van der Waals surface area contributed by atoms with Gasteiger partial charge in [0.1, 0.15) is 5.75 Å². The summed E-state index contributed by atoms with van der Waals surface area (Å²) in [5.41, 5.74) is -1.34. The largest absolute Gasteiger partial charge is 0.497 e. The van der Waals surface area contributed by atoms with Gasteiger partial charge in [-0.15, -0.1) is 0 Å². The van der Waals surface area contributed by atoms with Crippen LogP contribution in [0.15, 0.2) is 42.5 Å². The molecule has 2 rings (SSSR count). The van der Waals surface area contributed by atoms with E-state index in [-0.39, 0.29) is 12.0 Å². The predicted octanol–water partition coefficient (Wildman–Crippen LogP) is 4.21. The molecular weight excluding hydrogens is 299 g/mol. The molecule has 4 nitrogen and oxygen atoms in total. The van der Waals surface area contributed by atoms with Crippen molar-refractivity contribution in [2.75, 3.05) is 7.11 Å². The Morgan fingerprint density at radius 3 is 2.27 bits per heavy atom. The minimum Gasteiger partial charge on any atom is -0.497 e. The molecule has 0 saturated carbocycles. The van der Waals surface area contributed by atoms with Crippen molar-refractivity contribution in [3.8, 4) is 5.75 Å². The molecule has 0 spiro atoms. The van der Waals surface area contributed by atoms with E-state index in [1.54, 1.807) is 24.3 Å². The normalized spacial score (nSPS) is 11.3. The van der Waals surface area contributed by atoms with E-state index in [1.165, 1.54) is 7.11 Å². The van der Waals surface area contributed by atoms with E-state index in [0.29, 0.717) is 11.3 Å². The molecule has 0 atom stereocenters. The minimum atomic E-state index is -4.65. The fraction of sp³-hybridized carbons (Fsp3) is 0.200. The second kappa shape index (κ2) is 6.05. The highest BCUT2D eigenvalue weighted by molar-refractivity contribution is 5.49. The number of ether oxygens (including phenoxy) is 1. The molecule has 0 unspecified atom stereocenters. The van der Waals surface area contributed by atoms with Crippen LogP contribution in [0.25, 0.3) is 0 Å². The van der Waals surface area contributed by atoms with E-state index in [0.717, 1.165) is 18.2 Å². The minimum absolute atomic E-state index is 0.185. The predicted molar refractivity (Wildman–Crippen MR) is 73.9 cm³/mol. The molecule has 0 aromatic heterocycles. The second-order valence-electron chi connectivity index (χ2n) is 4.58. The van der Waals surface area contributed by atoms with Crippen molar-refractivity contribution >= 4 is 5.69 Å². The van der Waals surface area contributed by atoms with Crippen LogP contribution in [0.4, 0.5) is 18.9 Å². The molecule has 0 fully saturated rings. The molecule has 0 bridgehead atoms. The summed E-state index contributed by atoms with van der Waals surface area (Å²) in [6.45, 7) is 0. The Morgan fingerprint density at radius 2 is 1.77 bits per heavy atom. The quantitative estimate of drug-likeness (QED) is 0.627. The number of methoxy groups -OCH3 is 1. The van der Waals surface area contributed by atoms with Crippen LogP contribution in [-0.4, -0.2) is 12.0 Å². The van der Waals surface area contributed by atoms with E-state index in [1.807, 2.05) is 0 Å². The van der Waals surface area contributed by atoms with Crippen molar-refractivity contribution in [3.05, 3.63) is 69.3 Å². The maximum Gasteiger partial charge on any atom is 0.416 e. The van der Waals surface area contributed by atoms with Crippen molar-refractivity contribution in [3.63, 3.8) is 0 Å². The lowest BCUT2D eigenvalue weighted by molar-refractivity contribution is -0.385. The Hall–Kier alpha value is -2.57. The number of hydrogen-bond acceptors (Lipinski definition) is 3. The lowest BCUT2D eigenvalue weighted by Crippen LogP contribution is -2.11. The molecule has 116 valence electrons. The Bertz CT molecular complexity index is 681. The molecule has 0 N–H and O–H groups in total. The number of halogens is 3. The molecule has 0 heterocycles. The summed E-state index contributed by atoms with van der Waals surface area (Å²) in [5.74, 6) is 0.558. The van der Waals surface area contributed by atoms with E-state index in [4.69, 9.17) is 4.74 Å². The third-order valence-corrected chi connectivity index (χ3v) is 3.19. The molecule has 2 aromatic rings. The zero-order valence-corrected chi connectivity index (χ0v) is 11.6. The van der Waals surface area contributed by atoms with Gasteiger partial charge in [0.25, 0.3) is 5.69 Å². The van der Waals surface area contributed by atoms with Gasteiger partial charge in [-0.1, -0.05) is 18.2 Å². The Kier molecular flexibility index (Phi) is 4.35. The molecule has 0 aliphatic rings. The number of nitro groups is 1. The van der Waals surface area contributed by atoms with Crippen LogP contribution in [-0.2, 0) is 12.6 Å². The molecule has 7 heteroatoms. The van der Waals surface area contributed by atoms with Crippen molar-refractivity contribution < 1.29 is 22.8 Å². The highest BCUT2D eigenvalue weighted by Gasteiger charge is 2.36. The Labute approximate surface area is 124 Å². The van der Waals surface area contributed by atoms with Crippen LogP contribution in [0, 0.1) is 10.1 Å². The zero-order chi connectivity index (χ0) is 16.3. The van der Waals surface area contributed by atoms with Crippen molar-refractivity contribution in [1.82, 2.24) is 0 Å². The van der Waals surface area contributed by atoms with E-state index < -0.39 is 22.4 Å². The lowest BCUT2D eigenvalue weighted by Gasteiger charge is -2.13. The third kappa shape index (κ3) is 3.36. The van der Waals surface area contributed by atoms with Gasteiger partial charge in [-0.25, -0.2) is 0 Å². The average molecular weight is 311 g/mol. The van der Waals surface area contributed by atoms with E-state index in [9.17, 15) is 23.3 Å². The standard InChI is InChI=1S/C15H12F3NO3/c1-22-11-7-5-10(6-8-11)9-12-13(15(16,17)18)3-2-4-14(12)19(20)21/h2-8H,9H2,1H3. The first kappa shape index (κ1) is 15.8. The summed E-state index contributed by atoms with van der Waals surface area (Å²) in [7, 11) is 1.47. The first-order valence-electron chi connectivity index (χ1n) is 6.29. The lowest BCUT2D eigenvalue weighted by atomic mass is 9.97. The SMILES string of the molecule is COc1ccc(Cc2c([N+](=O)[O-])cccc2C(F)(F)F)cc1. The highest BCUT2D eigenvalue weighted by atomic mass is 19.4. The summed E-state index contributed by atoms with van der Waals surface area (Å²) in [6, 6.07) is 9.32. The maximum atomic E-state index is 13.1. The summed E-state index contributed by atoms with van der Waals surface area (Å²) in [5, 5.41) is 11.0. The van der Waals surface area contributed by atoms with Gasteiger partial charge in [0.2, 0.25) is 0 Å². The molecule has 22 heavy (non-hydrogen) atoms. The zero-order valence-electron chi connectivity index (χ0n) is 11.6. The first-order chi connectivity index (χ1) is 10.3. The Balaban J connectivity index is 2.49. The summed E-state index contributed by atoms with van der Waals surface area (Å²) >= 11 is 0. The first-order valence-corrected chi connectivity index (χ1v) is 6.29. The van der Waals surface area contributed by atoms with Crippen LogP contribution in [0.1, 0.15) is 16.7 Å². The maximum absolute atomic E-state index is 13.1. The van der Waals surface area contributed by atoms with E-state index >= 15 is 0 Å². The van der Waals surface area contributed by atoms with Crippen LogP contribution < -0.4 is 4.74 Å². The van der Waals surface area contributed by atoms with Crippen molar-refractivity contribution in [2.45, 2.75) is 12.6 Å². The van der Waals surface area contributed by atoms with Gasteiger partial charge in [0.15, 0.2) is 0 Å². The number of rotatable bonds is 4. The number of alkyl halides is 3. The monoisotopic (exact) mass is 311 g/mol. The van der Waals surface area contributed by atoms with Gasteiger partial charge in [0, 0.05) is 18.1 Å². The summed E-state index contributed by atoms with van der Waals surface area (Å²) in [6.07, 6.45) is -4.83. The Morgan fingerprint density at radius 1 is 1.14 bits per heavy atom. The smallest absolute Gasteiger partial charge is 0.416 e. The molecule has 0 amide bonds. The van der Waals surface area contributed by atoms with Gasteiger partial charge < -0.3 is 4.74 Å². The topological polar surface area (TPSA) is 52.4 Å². The summed E-state index contributed by atoms with van der Waals surface area (Å²) in [4.78, 5) is 10.2. The number of nitrogens with zero attached hydrogens (tertiary/aromatic N) is 1. The van der Waals surface area contributed by atoms with Gasteiger partial charge in [-0.2, -0.15) is 13.2 Å². The number of nitro benzene ring substituents is 1. The average Bonchev–Trinajstić information content (AvgIpc) is 2.47. The fourth-order valence-corrected chi connectivity index (χ4v) is 2.14. The molecule has 0 aliphatic carbocycles. The molecule has 0 aliphatic heterocycles.